The van der Waals surface area contributed by atoms with Gasteiger partial charge in [0.1, 0.15) is 42.9 Å². The number of halogens is 3. The van der Waals surface area contributed by atoms with Crippen LogP contribution in [0.25, 0.3) is 0 Å². The van der Waals surface area contributed by atoms with Crippen LogP contribution >= 0.6 is 0 Å². The molecule has 0 unspecified atom stereocenters. The molecule has 0 amide bonds. The highest BCUT2D eigenvalue weighted by Gasteiger charge is 2.31. The van der Waals surface area contributed by atoms with Gasteiger partial charge in [-0.3, -0.25) is 9.88 Å². The number of benzene rings is 1. The van der Waals surface area contributed by atoms with E-state index >= 15 is 0 Å². The first-order valence-corrected chi connectivity index (χ1v) is 12.0. The van der Waals surface area contributed by atoms with Gasteiger partial charge in [0.25, 0.3) is 0 Å². The van der Waals surface area contributed by atoms with E-state index in [4.69, 9.17) is 9.47 Å². The summed E-state index contributed by atoms with van der Waals surface area (Å²) in [5.74, 6) is 0.883. The minimum absolute atomic E-state index is 0.0255. The number of hydrogen-bond acceptors (Lipinski definition) is 10. The highest BCUT2D eigenvalue weighted by molar-refractivity contribution is 5.93. The van der Waals surface area contributed by atoms with Gasteiger partial charge in [0.2, 0.25) is 0 Å². The molecule has 1 N–H and O–H groups in total. The van der Waals surface area contributed by atoms with Crippen molar-refractivity contribution in [2.24, 2.45) is 4.99 Å². The quantitative estimate of drug-likeness (QED) is 0.420. The van der Waals surface area contributed by atoms with E-state index in [0.29, 0.717) is 32.2 Å². The average Bonchev–Trinajstić information content (AvgIpc) is 3.33. The van der Waals surface area contributed by atoms with E-state index < -0.39 is 11.3 Å². The number of aliphatic imine (C=N–C) groups is 1. The summed E-state index contributed by atoms with van der Waals surface area (Å²) in [6, 6.07) is 5.65. The van der Waals surface area contributed by atoms with Crippen molar-refractivity contribution in [3.05, 3.63) is 52.9 Å². The minimum Gasteiger partial charge on any atom is -0.490 e. The van der Waals surface area contributed by atoms with Crippen LogP contribution in [0.1, 0.15) is 12.8 Å². The molecule has 0 bridgehead atoms. The molecule has 38 heavy (non-hydrogen) atoms. The van der Waals surface area contributed by atoms with Gasteiger partial charge in [0.15, 0.2) is 0 Å². The molecule has 3 aliphatic rings. The van der Waals surface area contributed by atoms with Gasteiger partial charge in [-0.05, 0) is 35.3 Å². The molecular formula is C23H26F3N7O5. The zero-order valence-electron chi connectivity index (χ0n) is 20.2. The normalized spacial score (nSPS) is 20.0. The van der Waals surface area contributed by atoms with E-state index in [1.165, 1.54) is 30.5 Å². The smallest absolute Gasteiger partial charge is 0.490 e. The number of likely N-dealkylation sites (tertiary alicyclic amines) is 1. The number of piperidine rings is 1. The zero-order valence-corrected chi connectivity index (χ0v) is 20.2. The lowest BCUT2D eigenvalue weighted by Crippen LogP contribution is -2.47. The number of hydrogen-bond donors (Lipinski definition) is 1. The number of ether oxygens (including phenoxy) is 3. The topological polar surface area (TPSA) is 120 Å². The number of nitrogens with one attached hydrogen (secondary N) is 1. The Morgan fingerprint density at radius 3 is 2.58 bits per heavy atom. The number of fused-ring (bicyclic) bond motifs is 1. The maximum Gasteiger partial charge on any atom is 0.573 e. The maximum absolute atomic E-state index is 12.3. The molecule has 1 aromatic heterocycles. The molecule has 0 aliphatic carbocycles. The van der Waals surface area contributed by atoms with Crippen molar-refractivity contribution < 1.29 is 32.3 Å². The Labute approximate surface area is 215 Å². The van der Waals surface area contributed by atoms with Crippen LogP contribution in [0.5, 0.6) is 17.5 Å². The molecule has 1 saturated heterocycles. The number of nitro groups is 1. The largest absolute Gasteiger partial charge is 0.573 e. The monoisotopic (exact) mass is 537 g/mol. The van der Waals surface area contributed by atoms with Gasteiger partial charge < -0.3 is 34.1 Å². The molecule has 3 aliphatic heterocycles. The fourth-order valence-electron chi connectivity index (χ4n) is 4.41. The highest BCUT2D eigenvalue weighted by atomic mass is 19.4. The van der Waals surface area contributed by atoms with E-state index in [0.717, 1.165) is 31.8 Å². The third-order valence-corrected chi connectivity index (χ3v) is 6.30. The maximum atomic E-state index is 12.3. The fourth-order valence-corrected chi connectivity index (χ4v) is 4.41. The summed E-state index contributed by atoms with van der Waals surface area (Å²) in [5.41, 5.74) is 0. The van der Waals surface area contributed by atoms with E-state index in [-0.39, 0.29) is 29.7 Å². The average molecular weight is 537 g/mol. The van der Waals surface area contributed by atoms with Crippen molar-refractivity contribution in [2.75, 3.05) is 33.0 Å². The van der Waals surface area contributed by atoms with Gasteiger partial charge in [0, 0.05) is 43.7 Å². The second kappa shape index (κ2) is 10.8. The number of amidine groups is 1. The standard InChI is InChI=1S/C23H26F3N7O5/c24-23(25,26)38-19-3-1-17(2-4-19)37-18-5-9-31(10-6-18)20-7-8-30(15-28-20)14-27-16-11-32-12-21(33(34)35)29-22(32)36-13-16/h1-4,7-8,12,16,18,27H,5-6,9-11,13-15H2/t16-/m0/s1. The van der Waals surface area contributed by atoms with Crippen LogP contribution in [0.15, 0.2) is 47.7 Å². The molecular weight excluding hydrogens is 511 g/mol. The van der Waals surface area contributed by atoms with Crippen molar-refractivity contribution in [1.82, 2.24) is 24.7 Å². The Hall–Kier alpha value is -4.01. The van der Waals surface area contributed by atoms with Crippen LogP contribution in [-0.2, 0) is 6.54 Å². The summed E-state index contributed by atoms with van der Waals surface area (Å²) < 4.78 is 53.9. The molecule has 15 heteroatoms. The fraction of sp³-hybridized carbons (Fsp3) is 0.478. The van der Waals surface area contributed by atoms with Crippen LogP contribution in [-0.4, -0.2) is 81.7 Å². The lowest BCUT2D eigenvalue weighted by Gasteiger charge is -2.35. The summed E-state index contributed by atoms with van der Waals surface area (Å²) in [5, 5.41) is 14.3. The number of aromatic nitrogens is 2. The van der Waals surface area contributed by atoms with Crippen LogP contribution in [0.3, 0.4) is 0 Å². The second-order valence-corrected chi connectivity index (χ2v) is 9.05. The zero-order chi connectivity index (χ0) is 26.7. The molecule has 1 fully saturated rings. The molecule has 204 valence electrons. The van der Waals surface area contributed by atoms with Crippen LogP contribution in [0, 0.1) is 10.1 Å². The van der Waals surface area contributed by atoms with Crippen LogP contribution in [0.2, 0.25) is 0 Å². The lowest BCUT2D eigenvalue weighted by atomic mass is 10.1. The first-order valence-electron chi connectivity index (χ1n) is 12.0. The Morgan fingerprint density at radius 1 is 1.18 bits per heavy atom. The molecule has 4 heterocycles. The Kier molecular flexibility index (Phi) is 7.26. The van der Waals surface area contributed by atoms with Crippen molar-refractivity contribution in [3.63, 3.8) is 0 Å². The van der Waals surface area contributed by atoms with E-state index in [1.54, 1.807) is 4.57 Å². The van der Waals surface area contributed by atoms with Crippen LogP contribution < -0.4 is 19.5 Å². The third-order valence-electron chi connectivity index (χ3n) is 6.30. The molecule has 1 aromatic carbocycles. The first kappa shape index (κ1) is 25.6. The number of rotatable bonds is 7. The van der Waals surface area contributed by atoms with Crippen molar-refractivity contribution in [3.8, 4) is 17.5 Å². The van der Waals surface area contributed by atoms with E-state index in [2.05, 4.69) is 24.9 Å². The van der Waals surface area contributed by atoms with Gasteiger partial charge in [-0.2, -0.15) is 0 Å². The van der Waals surface area contributed by atoms with Gasteiger partial charge in [-0.1, -0.05) is 0 Å². The SMILES string of the molecule is O=[N+]([O-])c1cn2c(n1)OC[C@@H](NCN1C=CC(N3CCC(Oc4ccc(OC(F)(F)F)cc4)CC3)=NC1)C2. The summed E-state index contributed by atoms with van der Waals surface area (Å²) >= 11 is 0. The third kappa shape index (κ3) is 6.45. The lowest BCUT2D eigenvalue weighted by molar-refractivity contribution is -0.389. The number of nitrogens with zero attached hydrogens (tertiary/aromatic N) is 6. The van der Waals surface area contributed by atoms with Crippen LogP contribution in [0.4, 0.5) is 19.0 Å². The van der Waals surface area contributed by atoms with Gasteiger partial charge in [-0.25, -0.2) is 4.99 Å². The predicted molar refractivity (Wildman–Crippen MR) is 128 cm³/mol. The summed E-state index contributed by atoms with van der Waals surface area (Å²) in [6.07, 6.45) is 2.06. The van der Waals surface area contributed by atoms with Crippen molar-refractivity contribution >= 4 is 11.7 Å². The van der Waals surface area contributed by atoms with Crippen molar-refractivity contribution in [1.29, 1.82) is 0 Å². The molecule has 1 atom stereocenters. The van der Waals surface area contributed by atoms with Gasteiger partial charge in [-0.15, -0.1) is 13.2 Å². The molecule has 2 aromatic rings. The predicted octanol–water partition coefficient (Wildman–Crippen LogP) is 2.73. The van der Waals surface area contributed by atoms with Gasteiger partial charge >= 0.3 is 18.2 Å². The van der Waals surface area contributed by atoms with E-state index in [9.17, 15) is 23.3 Å². The molecule has 0 spiro atoms. The first-order chi connectivity index (χ1) is 18.2. The molecule has 5 rings (SSSR count). The summed E-state index contributed by atoms with van der Waals surface area (Å²) in [6.45, 7) is 3.40. The van der Waals surface area contributed by atoms with Crippen molar-refractivity contribution in [2.45, 2.75) is 37.9 Å². The Morgan fingerprint density at radius 2 is 1.92 bits per heavy atom. The Balaban J connectivity index is 1.02. The number of alkyl halides is 3. The molecule has 12 nitrogen and oxygen atoms in total. The summed E-state index contributed by atoms with van der Waals surface area (Å²) in [7, 11) is 0. The molecule has 0 radical (unpaired) electrons. The summed E-state index contributed by atoms with van der Waals surface area (Å²) in [4.78, 5) is 23.1. The van der Waals surface area contributed by atoms with E-state index in [1.807, 2.05) is 17.2 Å². The van der Waals surface area contributed by atoms with Gasteiger partial charge in [0.05, 0.1) is 12.7 Å². The Bertz CT molecular complexity index is 1190. The minimum atomic E-state index is -4.72. The highest BCUT2D eigenvalue weighted by Crippen LogP contribution is 2.26. The molecule has 0 saturated carbocycles. The number of imidazole rings is 1. The second-order valence-electron chi connectivity index (χ2n) is 9.05.